The molecule has 25 heavy (non-hydrogen) atoms. The van der Waals surface area contributed by atoms with Gasteiger partial charge in [-0.25, -0.2) is 4.79 Å². The summed E-state index contributed by atoms with van der Waals surface area (Å²) in [6.07, 6.45) is -0.946. The number of hydrogen-bond acceptors (Lipinski definition) is 5. The molecule has 0 saturated heterocycles. The van der Waals surface area contributed by atoms with Crippen LogP contribution in [-0.2, 0) is 20.9 Å². The molecule has 7 heteroatoms. The van der Waals surface area contributed by atoms with Crippen LogP contribution in [0.1, 0.15) is 34.6 Å². The lowest BCUT2D eigenvalue weighted by Gasteiger charge is -2.16. The van der Waals surface area contributed by atoms with Gasteiger partial charge in [-0.05, 0) is 36.9 Å². The Hall–Kier alpha value is -2.67. The summed E-state index contributed by atoms with van der Waals surface area (Å²) in [6.45, 7) is 5.04. The number of esters is 1. The summed E-state index contributed by atoms with van der Waals surface area (Å²) in [5.41, 5.74) is 1.35. The van der Waals surface area contributed by atoms with Crippen LogP contribution in [-0.4, -0.2) is 23.9 Å². The summed E-state index contributed by atoms with van der Waals surface area (Å²) in [7, 11) is 0. The highest BCUT2D eigenvalue weighted by Crippen LogP contribution is 2.22. The van der Waals surface area contributed by atoms with Gasteiger partial charge < -0.3 is 15.4 Å². The zero-order valence-electron chi connectivity index (χ0n) is 14.3. The zero-order valence-corrected chi connectivity index (χ0v) is 15.1. The highest BCUT2D eigenvalue weighted by molar-refractivity contribution is 7.09. The SMILES string of the molecule is CC(=O)Nc1c(C)cccc1C(=O)O[C@H](C)C(=O)NCc1cccs1. The third kappa shape index (κ3) is 5.15. The fraction of sp³-hybridized carbons (Fsp3) is 0.278. The second-order valence-corrected chi connectivity index (χ2v) is 6.56. The second kappa shape index (κ2) is 8.43. The van der Waals surface area contributed by atoms with Crippen LogP contribution in [0.4, 0.5) is 5.69 Å². The monoisotopic (exact) mass is 360 g/mol. The summed E-state index contributed by atoms with van der Waals surface area (Å²) in [5.74, 6) is -1.33. The van der Waals surface area contributed by atoms with E-state index < -0.39 is 12.1 Å². The molecule has 0 bridgehead atoms. The van der Waals surface area contributed by atoms with Gasteiger partial charge in [0.1, 0.15) is 0 Å². The number of ether oxygens (including phenoxy) is 1. The minimum absolute atomic E-state index is 0.216. The second-order valence-electron chi connectivity index (χ2n) is 5.52. The Morgan fingerprint density at radius 3 is 2.60 bits per heavy atom. The van der Waals surface area contributed by atoms with E-state index in [9.17, 15) is 14.4 Å². The van der Waals surface area contributed by atoms with Crippen molar-refractivity contribution >= 4 is 34.8 Å². The molecular formula is C18H20N2O4S. The molecule has 2 N–H and O–H groups in total. The van der Waals surface area contributed by atoms with Gasteiger partial charge in [0.2, 0.25) is 5.91 Å². The first kappa shape index (κ1) is 18.7. The normalized spacial score (nSPS) is 11.5. The van der Waals surface area contributed by atoms with E-state index in [0.717, 1.165) is 10.4 Å². The van der Waals surface area contributed by atoms with Crippen molar-refractivity contribution in [1.82, 2.24) is 5.32 Å². The smallest absolute Gasteiger partial charge is 0.341 e. The van der Waals surface area contributed by atoms with Crippen LogP contribution >= 0.6 is 11.3 Å². The molecule has 2 aromatic rings. The number of carbonyl (C=O) groups is 3. The Labute approximate surface area is 150 Å². The number of carbonyl (C=O) groups excluding carboxylic acids is 3. The van der Waals surface area contributed by atoms with Gasteiger partial charge in [-0.2, -0.15) is 0 Å². The van der Waals surface area contributed by atoms with Crippen molar-refractivity contribution in [3.05, 3.63) is 51.7 Å². The predicted molar refractivity (Wildman–Crippen MR) is 96.5 cm³/mol. The molecule has 0 aliphatic carbocycles. The topological polar surface area (TPSA) is 84.5 Å². The lowest BCUT2D eigenvalue weighted by Crippen LogP contribution is -2.35. The average molecular weight is 360 g/mol. The van der Waals surface area contributed by atoms with Gasteiger partial charge in [0.15, 0.2) is 6.10 Å². The van der Waals surface area contributed by atoms with Crippen molar-refractivity contribution < 1.29 is 19.1 Å². The van der Waals surface area contributed by atoms with E-state index >= 15 is 0 Å². The number of benzene rings is 1. The molecule has 0 fully saturated rings. The number of para-hydroxylation sites is 1. The maximum atomic E-state index is 12.4. The number of hydrogen-bond donors (Lipinski definition) is 2. The summed E-state index contributed by atoms with van der Waals surface area (Å²) in [5, 5.41) is 7.28. The van der Waals surface area contributed by atoms with Crippen molar-refractivity contribution in [2.24, 2.45) is 0 Å². The summed E-state index contributed by atoms with van der Waals surface area (Å²) in [6, 6.07) is 8.83. The molecule has 6 nitrogen and oxygen atoms in total. The Kier molecular flexibility index (Phi) is 6.30. The molecule has 1 atom stereocenters. The predicted octanol–water partition coefficient (Wildman–Crippen LogP) is 2.88. The molecule has 0 aliphatic rings. The third-order valence-electron chi connectivity index (χ3n) is 3.46. The van der Waals surface area contributed by atoms with Gasteiger partial charge in [-0.15, -0.1) is 11.3 Å². The maximum absolute atomic E-state index is 12.4. The summed E-state index contributed by atoms with van der Waals surface area (Å²) >= 11 is 1.53. The first-order chi connectivity index (χ1) is 11.9. The van der Waals surface area contributed by atoms with Crippen molar-refractivity contribution in [2.45, 2.75) is 33.4 Å². The molecule has 2 amide bonds. The van der Waals surface area contributed by atoms with Crippen LogP contribution < -0.4 is 10.6 Å². The minimum atomic E-state index is -0.946. The van der Waals surface area contributed by atoms with Gasteiger partial charge in [0, 0.05) is 11.8 Å². The Morgan fingerprint density at radius 2 is 1.96 bits per heavy atom. The highest BCUT2D eigenvalue weighted by Gasteiger charge is 2.21. The lowest BCUT2D eigenvalue weighted by atomic mass is 10.1. The molecule has 2 rings (SSSR count). The molecule has 0 aliphatic heterocycles. The van der Waals surface area contributed by atoms with Crippen LogP contribution in [0.15, 0.2) is 35.7 Å². The quantitative estimate of drug-likeness (QED) is 0.776. The summed E-state index contributed by atoms with van der Waals surface area (Å²) < 4.78 is 5.25. The molecule has 0 saturated carbocycles. The maximum Gasteiger partial charge on any atom is 0.341 e. The molecule has 0 unspecified atom stereocenters. The van der Waals surface area contributed by atoms with Gasteiger partial charge in [-0.3, -0.25) is 9.59 Å². The Bertz CT molecular complexity index is 771. The fourth-order valence-corrected chi connectivity index (χ4v) is 2.83. The molecule has 1 aromatic heterocycles. The van der Waals surface area contributed by atoms with Crippen LogP contribution in [0.2, 0.25) is 0 Å². The molecule has 1 aromatic carbocycles. The van der Waals surface area contributed by atoms with Crippen LogP contribution in [0, 0.1) is 6.92 Å². The Morgan fingerprint density at radius 1 is 1.20 bits per heavy atom. The van der Waals surface area contributed by atoms with Gasteiger partial charge in [-0.1, -0.05) is 18.2 Å². The number of rotatable bonds is 6. The van der Waals surface area contributed by atoms with Crippen LogP contribution in [0.25, 0.3) is 0 Å². The number of thiophene rings is 1. The first-order valence-electron chi connectivity index (χ1n) is 7.76. The largest absolute Gasteiger partial charge is 0.449 e. The average Bonchev–Trinajstić information content (AvgIpc) is 3.07. The lowest BCUT2D eigenvalue weighted by molar-refractivity contribution is -0.129. The molecule has 0 radical (unpaired) electrons. The first-order valence-corrected chi connectivity index (χ1v) is 8.64. The number of anilines is 1. The van der Waals surface area contributed by atoms with Gasteiger partial charge in [0.25, 0.3) is 5.91 Å². The number of amides is 2. The van der Waals surface area contributed by atoms with Crippen molar-refractivity contribution in [3.63, 3.8) is 0 Å². The van der Waals surface area contributed by atoms with E-state index in [-0.39, 0.29) is 17.4 Å². The van der Waals surface area contributed by atoms with Crippen molar-refractivity contribution in [1.29, 1.82) is 0 Å². The van der Waals surface area contributed by atoms with Crippen LogP contribution in [0.3, 0.4) is 0 Å². The van der Waals surface area contributed by atoms with Gasteiger partial charge in [0.05, 0.1) is 17.8 Å². The highest BCUT2D eigenvalue weighted by atomic mass is 32.1. The molecule has 0 spiro atoms. The van der Waals surface area contributed by atoms with E-state index in [1.165, 1.54) is 25.2 Å². The van der Waals surface area contributed by atoms with E-state index in [1.54, 1.807) is 25.1 Å². The van der Waals surface area contributed by atoms with E-state index in [4.69, 9.17) is 4.74 Å². The van der Waals surface area contributed by atoms with E-state index in [1.807, 2.05) is 17.5 Å². The number of aryl methyl sites for hydroxylation is 1. The Balaban J connectivity index is 2.02. The summed E-state index contributed by atoms with van der Waals surface area (Å²) in [4.78, 5) is 36.8. The van der Waals surface area contributed by atoms with Crippen molar-refractivity contribution in [2.75, 3.05) is 5.32 Å². The minimum Gasteiger partial charge on any atom is -0.449 e. The standard InChI is InChI=1S/C18H20N2O4S/c1-11-6-4-8-15(16(11)20-13(3)21)18(23)24-12(2)17(22)19-10-14-7-5-9-25-14/h4-9,12H,10H2,1-3H3,(H,19,22)(H,20,21)/t12-/m1/s1. The van der Waals surface area contributed by atoms with Crippen LogP contribution in [0.5, 0.6) is 0 Å². The molecule has 1 heterocycles. The molecule has 132 valence electrons. The van der Waals surface area contributed by atoms with Gasteiger partial charge >= 0.3 is 5.97 Å². The molecular weight excluding hydrogens is 340 g/mol. The number of nitrogens with one attached hydrogen (secondary N) is 2. The van der Waals surface area contributed by atoms with E-state index in [0.29, 0.717) is 12.2 Å². The van der Waals surface area contributed by atoms with Crippen molar-refractivity contribution in [3.8, 4) is 0 Å². The van der Waals surface area contributed by atoms with E-state index in [2.05, 4.69) is 10.6 Å². The zero-order chi connectivity index (χ0) is 18.4. The fourth-order valence-electron chi connectivity index (χ4n) is 2.19. The third-order valence-corrected chi connectivity index (χ3v) is 4.34.